The van der Waals surface area contributed by atoms with Crippen LogP contribution in [-0.2, 0) is 4.43 Å². The lowest BCUT2D eigenvalue weighted by Crippen LogP contribution is -2.52. The number of hydrogen-bond acceptors (Lipinski definition) is 4. The second-order valence-corrected chi connectivity index (χ2v) is 11.1. The van der Waals surface area contributed by atoms with Crippen LogP contribution in [0.4, 0.5) is 0 Å². The molecule has 0 saturated carbocycles. The highest BCUT2D eigenvalue weighted by Gasteiger charge is 2.35. The van der Waals surface area contributed by atoms with Crippen molar-refractivity contribution in [3.8, 4) is 0 Å². The molecule has 0 bridgehead atoms. The largest absolute Gasteiger partial charge is 0.421 e. The molecule has 0 fully saturated rings. The summed E-state index contributed by atoms with van der Waals surface area (Å²) in [6.07, 6.45) is 7.95. The Hall–Kier alpha value is 0.0569. The fraction of sp³-hybridized carbons (Fsp3) is 1.00. The van der Waals surface area contributed by atoms with Crippen molar-refractivity contribution in [2.45, 2.75) is 106 Å². The Morgan fingerprint density at radius 1 is 0.677 bits per heavy atom. The Kier molecular flexibility index (Phi) is 19.6. The van der Waals surface area contributed by atoms with Crippen molar-refractivity contribution in [3.05, 3.63) is 0 Å². The fourth-order valence-electron chi connectivity index (χ4n) is 5.03. The van der Waals surface area contributed by atoms with Gasteiger partial charge in [-0.15, -0.1) is 0 Å². The molecule has 31 heavy (non-hydrogen) atoms. The molecule has 0 heterocycles. The molecule has 1 unspecified atom stereocenters. The minimum absolute atomic E-state index is 0.339. The van der Waals surface area contributed by atoms with Gasteiger partial charge in [0.1, 0.15) is 0 Å². The predicted octanol–water partition coefficient (Wildman–Crippen LogP) is 5.27. The van der Waals surface area contributed by atoms with Gasteiger partial charge in [-0.3, -0.25) is 0 Å². The van der Waals surface area contributed by atoms with Gasteiger partial charge in [-0.05, 0) is 84.3 Å². The van der Waals surface area contributed by atoms with Gasteiger partial charge >= 0.3 is 0 Å². The average Bonchev–Trinajstić information content (AvgIpc) is 2.76. The van der Waals surface area contributed by atoms with Gasteiger partial charge in [0, 0.05) is 31.2 Å². The van der Waals surface area contributed by atoms with E-state index in [9.17, 15) is 0 Å². The molecule has 0 aromatic rings. The zero-order valence-corrected chi connectivity index (χ0v) is 24.3. The van der Waals surface area contributed by atoms with E-state index < -0.39 is 9.76 Å². The van der Waals surface area contributed by atoms with Crippen LogP contribution in [0, 0.1) is 5.41 Å². The third kappa shape index (κ3) is 14.0. The summed E-state index contributed by atoms with van der Waals surface area (Å²) in [4.78, 5) is 8.17. The Balaban J connectivity index is 5.60. The van der Waals surface area contributed by atoms with Gasteiger partial charge in [0.15, 0.2) is 9.76 Å². The van der Waals surface area contributed by atoms with E-state index in [2.05, 4.69) is 70.1 Å². The zero-order valence-electron chi connectivity index (χ0n) is 22.8. The second-order valence-electron chi connectivity index (χ2n) is 9.68. The maximum absolute atomic E-state index is 6.31. The summed E-state index contributed by atoms with van der Waals surface area (Å²) < 4.78 is 6.31. The van der Waals surface area contributed by atoms with Crippen LogP contribution in [0.1, 0.15) is 93.9 Å². The Morgan fingerprint density at radius 2 is 1.10 bits per heavy atom. The van der Waals surface area contributed by atoms with Crippen molar-refractivity contribution in [3.63, 3.8) is 0 Å². The molecule has 0 N–H and O–H groups in total. The van der Waals surface area contributed by atoms with Crippen molar-refractivity contribution in [2.75, 3.05) is 58.9 Å². The molecule has 0 aliphatic rings. The molecule has 0 amide bonds. The molecule has 0 aromatic carbocycles. The van der Waals surface area contributed by atoms with Crippen LogP contribution in [0.5, 0.6) is 0 Å². The van der Waals surface area contributed by atoms with Crippen LogP contribution < -0.4 is 0 Å². The summed E-state index contributed by atoms with van der Waals surface area (Å²) in [6.45, 7) is 29.4. The fourth-order valence-corrected chi connectivity index (χ4v) is 6.66. The first-order valence-electron chi connectivity index (χ1n) is 13.7. The van der Waals surface area contributed by atoms with E-state index in [4.69, 9.17) is 4.43 Å². The summed E-state index contributed by atoms with van der Waals surface area (Å²) in [6, 6.07) is 1.31. The van der Waals surface area contributed by atoms with Crippen LogP contribution in [0.2, 0.25) is 6.04 Å². The first-order chi connectivity index (χ1) is 14.9. The highest BCUT2D eigenvalue weighted by molar-refractivity contribution is 6.27. The summed E-state index contributed by atoms with van der Waals surface area (Å²) >= 11 is 0. The minimum Gasteiger partial charge on any atom is -0.421 e. The van der Waals surface area contributed by atoms with Crippen LogP contribution in [0.25, 0.3) is 0 Å². The number of rotatable bonds is 22. The SMILES string of the molecule is CCCC(C)O[SiH2]CCC(CN(CC)CCC)(CN(CC)CCC)CN(CC)CCC. The predicted molar refractivity (Wildman–Crippen MR) is 143 cm³/mol. The molecule has 1 atom stereocenters. The van der Waals surface area contributed by atoms with E-state index in [1.165, 1.54) is 83.8 Å². The molecule has 0 radical (unpaired) electrons. The summed E-state index contributed by atoms with van der Waals surface area (Å²) in [5, 5.41) is 0. The average molecular weight is 458 g/mol. The Labute approximate surface area is 199 Å². The first kappa shape index (κ1) is 31.1. The lowest BCUT2D eigenvalue weighted by molar-refractivity contribution is 0.0531. The second kappa shape index (κ2) is 19.5. The van der Waals surface area contributed by atoms with Crippen molar-refractivity contribution < 1.29 is 4.43 Å². The molecule has 0 aliphatic carbocycles. The quantitative estimate of drug-likeness (QED) is 0.163. The van der Waals surface area contributed by atoms with E-state index in [0.29, 0.717) is 11.5 Å². The standard InChI is InChI=1S/C26H59N3OSi/c1-9-16-25(8)30-31-21-17-26(22-27(13-5)18-10-2,23-28(14-6)19-11-3)24-29(15-7)20-12-4/h25H,9-24,31H2,1-8H3. The molecular weight excluding hydrogens is 398 g/mol. The lowest BCUT2D eigenvalue weighted by Gasteiger charge is -2.44. The van der Waals surface area contributed by atoms with Crippen LogP contribution >= 0.6 is 0 Å². The van der Waals surface area contributed by atoms with E-state index in [0.717, 1.165) is 19.6 Å². The van der Waals surface area contributed by atoms with Crippen molar-refractivity contribution in [1.29, 1.82) is 0 Å². The maximum atomic E-state index is 6.31. The number of hydrogen-bond donors (Lipinski definition) is 0. The normalized spacial score (nSPS) is 14.0. The minimum atomic E-state index is -0.447. The van der Waals surface area contributed by atoms with Gasteiger partial charge in [-0.2, -0.15) is 0 Å². The molecule has 0 aliphatic heterocycles. The highest BCUT2D eigenvalue weighted by atomic mass is 28.2. The van der Waals surface area contributed by atoms with E-state index in [1.54, 1.807) is 0 Å². The highest BCUT2D eigenvalue weighted by Crippen LogP contribution is 2.30. The van der Waals surface area contributed by atoms with E-state index in [-0.39, 0.29) is 0 Å². The van der Waals surface area contributed by atoms with Crippen LogP contribution in [-0.4, -0.2) is 89.5 Å². The van der Waals surface area contributed by atoms with Crippen molar-refractivity contribution >= 4 is 9.76 Å². The number of nitrogens with zero attached hydrogens (tertiary/aromatic N) is 3. The molecular formula is C26H59N3OSi. The first-order valence-corrected chi connectivity index (χ1v) is 15.3. The topological polar surface area (TPSA) is 19.0 Å². The summed E-state index contributed by atoms with van der Waals surface area (Å²) in [7, 11) is -0.447. The molecule has 5 heteroatoms. The Bertz CT molecular complexity index is 356. The van der Waals surface area contributed by atoms with Gasteiger partial charge in [0.25, 0.3) is 0 Å². The van der Waals surface area contributed by atoms with Gasteiger partial charge < -0.3 is 19.1 Å². The van der Waals surface area contributed by atoms with Gasteiger partial charge in [-0.25, -0.2) is 0 Å². The smallest absolute Gasteiger partial charge is 0.161 e. The third-order valence-electron chi connectivity index (χ3n) is 6.59. The van der Waals surface area contributed by atoms with Gasteiger partial charge in [0.05, 0.1) is 0 Å². The van der Waals surface area contributed by atoms with Crippen LogP contribution in [0.3, 0.4) is 0 Å². The molecule has 188 valence electrons. The molecule has 0 saturated heterocycles. The lowest BCUT2D eigenvalue weighted by atomic mass is 9.82. The van der Waals surface area contributed by atoms with Crippen LogP contribution in [0.15, 0.2) is 0 Å². The van der Waals surface area contributed by atoms with Crippen molar-refractivity contribution in [2.24, 2.45) is 5.41 Å². The summed E-state index contributed by atoms with van der Waals surface area (Å²) in [5.41, 5.74) is 0.339. The van der Waals surface area contributed by atoms with E-state index >= 15 is 0 Å². The molecule has 0 rings (SSSR count). The molecule has 0 spiro atoms. The van der Waals surface area contributed by atoms with Crippen molar-refractivity contribution in [1.82, 2.24) is 14.7 Å². The molecule has 0 aromatic heterocycles. The van der Waals surface area contributed by atoms with E-state index in [1.807, 2.05) is 0 Å². The van der Waals surface area contributed by atoms with Gasteiger partial charge in [-0.1, -0.05) is 54.9 Å². The zero-order chi connectivity index (χ0) is 23.5. The Morgan fingerprint density at radius 3 is 1.42 bits per heavy atom. The van der Waals surface area contributed by atoms with Gasteiger partial charge in [0.2, 0.25) is 0 Å². The third-order valence-corrected chi connectivity index (χ3v) is 8.03. The summed E-state index contributed by atoms with van der Waals surface area (Å²) in [5.74, 6) is 0. The monoisotopic (exact) mass is 457 g/mol. The maximum Gasteiger partial charge on any atom is 0.161 e. The molecule has 4 nitrogen and oxygen atoms in total.